The van der Waals surface area contributed by atoms with E-state index in [1.807, 2.05) is 6.92 Å². The highest BCUT2D eigenvalue weighted by atomic mass is 19.1. The van der Waals surface area contributed by atoms with Crippen LogP contribution in [0.5, 0.6) is 0 Å². The number of benzene rings is 1. The highest BCUT2D eigenvalue weighted by Crippen LogP contribution is 2.16. The minimum absolute atomic E-state index is 0.101. The van der Waals surface area contributed by atoms with E-state index >= 15 is 0 Å². The lowest BCUT2D eigenvalue weighted by atomic mass is 10.2. The maximum absolute atomic E-state index is 13.6. The maximum atomic E-state index is 13.6. The van der Waals surface area contributed by atoms with E-state index in [9.17, 15) is 13.6 Å². The van der Waals surface area contributed by atoms with Gasteiger partial charge in [-0.3, -0.25) is 4.79 Å². The van der Waals surface area contributed by atoms with Gasteiger partial charge in [0.1, 0.15) is 17.3 Å². The first-order valence-electron chi connectivity index (χ1n) is 6.54. The number of fused-ring (bicyclic) bond motifs is 1. The van der Waals surface area contributed by atoms with Crippen LogP contribution in [0.15, 0.2) is 30.3 Å². The molecular weight excluding hydrogens is 290 g/mol. The highest BCUT2D eigenvalue weighted by molar-refractivity contribution is 6.03. The summed E-state index contributed by atoms with van der Waals surface area (Å²) >= 11 is 0. The first-order chi connectivity index (χ1) is 10.4. The number of hydrogen-bond acceptors (Lipinski definition) is 3. The third kappa shape index (κ3) is 2.52. The number of halogens is 2. The summed E-state index contributed by atoms with van der Waals surface area (Å²) in [6, 6.07) is 6.23. The Bertz CT molecular complexity index is 889. The molecule has 0 unspecified atom stereocenters. The molecule has 5 nitrogen and oxygen atoms in total. The molecule has 3 aromatic rings. The molecule has 2 aromatic heterocycles. The first kappa shape index (κ1) is 14.1. The largest absolute Gasteiger partial charge is 0.318 e. The molecule has 1 amide bonds. The highest BCUT2D eigenvalue weighted by Gasteiger charge is 2.14. The van der Waals surface area contributed by atoms with E-state index in [0.29, 0.717) is 11.7 Å². The van der Waals surface area contributed by atoms with Gasteiger partial charge in [-0.2, -0.15) is 5.10 Å². The van der Waals surface area contributed by atoms with Crippen molar-refractivity contribution >= 4 is 17.2 Å². The lowest BCUT2D eigenvalue weighted by molar-refractivity contribution is 0.102. The summed E-state index contributed by atoms with van der Waals surface area (Å²) in [6.45, 7) is 3.61. The first-order valence-corrected chi connectivity index (χ1v) is 6.54. The maximum Gasteiger partial charge on any atom is 0.274 e. The van der Waals surface area contributed by atoms with Crippen LogP contribution in [0.1, 0.15) is 21.9 Å². The molecule has 2 heterocycles. The summed E-state index contributed by atoms with van der Waals surface area (Å²) in [6.07, 6.45) is 0. The number of rotatable bonds is 2. The molecule has 0 spiro atoms. The zero-order chi connectivity index (χ0) is 15.9. The standard InChI is InChI=1S/C15H12F2N4O/c1-8-5-14-18-13(6-9(2)21(14)20-8)15(22)19-12-4-3-10(16)7-11(12)17/h3-7H,1-2H3,(H,19,22). The van der Waals surface area contributed by atoms with Crippen LogP contribution < -0.4 is 5.32 Å². The fourth-order valence-corrected chi connectivity index (χ4v) is 2.13. The van der Waals surface area contributed by atoms with Crippen LogP contribution in [0.4, 0.5) is 14.5 Å². The second kappa shape index (κ2) is 5.18. The van der Waals surface area contributed by atoms with Crippen LogP contribution in [-0.2, 0) is 0 Å². The smallest absolute Gasteiger partial charge is 0.274 e. The van der Waals surface area contributed by atoms with E-state index in [1.54, 1.807) is 23.6 Å². The van der Waals surface area contributed by atoms with Gasteiger partial charge in [0, 0.05) is 17.8 Å². The molecule has 0 aliphatic carbocycles. The second-order valence-corrected chi connectivity index (χ2v) is 4.92. The number of anilines is 1. The monoisotopic (exact) mass is 302 g/mol. The van der Waals surface area contributed by atoms with Crippen LogP contribution in [0.3, 0.4) is 0 Å². The van der Waals surface area contributed by atoms with Gasteiger partial charge in [-0.1, -0.05) is 0 Å². The predicted octanol–water partition coefficient (Wildman–Crippen LogP) is 2.88. The van der Waals surface area contributed by atoms with Gasteiger partial charge in [-0.15, -0.1) is 0 Å². The SMILES string of the molecule is Cc1cc2nc(C(=O)Nc3ccc(F)cc3F)cc(C)n2n1. The van der Waals surface area contributed by atoms with E-state index in [2.05, 4.69) is 15.4 Å². The molecule has 0 fully saturated rings. The molecule has 0 saturated carbocycles. The fraction of sp³-hybridized carbons (Fsp3) is 0.133. The molecule has 22 heavy (non-hydrogen) atoms. The number of aromatic nitrogens is 3. The van der Waals surface area contributed by atoms with Crippen LogP contribution in [-0.4, -0.2) is 20.5 Å². The molecule has 0 aliphatic heterocycles. The van der Waals surface area contributed by atoms with Gasteiger partial charge in [0.15, 0.2) is 5.65 Å². The van der Waals surface area contributed by atoms with Crippen LogP contribution in [0.25, 0.3) is 5.65 Å². The molecule has 0 aliphatic rings. The van der Waals surface area contributed by atoms with Crippen molar-refractivity contribution in [1.29, 1.82) is 0 Å². The van der Waals surface area contributed by atoms with Gasteiger partial charge in [-0.25, -0.2) is 18.3 Å². The Morgan fingerprint density at radius 2 is 1.95 bits per heavy atom. The number of carbonyl (C=O) groups is 1. The molecule has 0 saturated heterocycles. The van der Waals surface area contributed by atoms with Gasteiger partial charge in [0.05, 0.1) is 11.4 Å². The van der Waals surface area contributed by atoms with Crippen molar-refractivity contribution in [2.24, 2.45) is 0 Å². The van der Waals surface area contributed by atoms with Crippen molar-refractivity contribution in [3.8, 4) is 0 Å². The van der Waals surface area contributed by atoms with Crippen molar-refractivity contribution < 1.29 is 13.6 Å². The van der Waals surface area contributed by atoms with Gasteiger partial charge < -0.3 is 5.32 Å². The summed E-state index contributed by atoms with van der Waals surface area (Å²) in [5.41, 5.74) is 2.06. The Hall–Kier alpha value is -2.83. The van der Waals surface area contributed by atoms with Crippen LogP contribution >= 0.6 is 0 Å². The molecule has 7 heteroatoms. The lowest BCUT2D eigenvalue weighted by Gasteiger charge is -2.07. The zero-order valence-electron chi connectivity index (χ0n) is 11.9. The summed E-state index contributed by atoms with van der Waals surface area (Å²) in [5, 5.41) is 6.62. The average Bonchev–Trinajstić information content (AvgIpc) is 2.83. The van der Waals surface area contributed by atoms with E-state index in [0.717, 1.165) is 23.5 Å². The van der Waals surface area contributed by atoms with Crippen molar-refractivity contribution in [1.82, 2.24) is 14.6 Å². The molecule has 1 aromatic carbocycles. The van der Waals surface area contributed by atoms with Crippen molar-refractivity contribution in [3.63, 3.8) is 0 Å². The van der Waals surface area contributed by atoms with Crippen LogP contribution in [0, 0.1) is 25.5 Å². The third-order valence-corrected chi connectivity index (χ3v) is 3.14. The van der Waals surface area contributed by atoms with Crippen molar-refractivity contribution in [3.05, 3.63) is 59.0 Å². The van der Waals surface area contributed by atoms with E-state index in [4.69, 9.17) is 0 Å². The number of carbonyl (C=O) groups excluding carboxylic acids is 1. The fourth-order valence-electron chi connectivity index (χ4n) is 2.13. The van der Waals surface area contributed by atoms with Gasteiger partial charge >= 0.3 is 0 Å². The van der Waals surface area contributed by atoms with E-state index in [1.165, 1.54) is 0 Å². The number of hydrogen-bond donors (Lipinski definition) is 1. The number of nitrogens with one attached hydrogen (secondary N) is 1. The molecule has 0 atom stereocenters. The Kier molecular flexibility index (Phi) is 3.32. The third-order valence-electron chi connectivity index (χ3n) is 3.14. The lowest BCUT2D eigenvalue weighted by Crippen LogP contribution is -2.16. The van der Waals surface area contributed by atoms with Crippen molar-refractivity contribution in [2.45, 2.75) is 13.8 Å². The molecule has 3 rings (SSSR count). The average molecular weight is 302 g/mol. The minimum atomic E-state index is -0.841. The summed E-state index contributed by atoms with van der Waals surface area (Å²) in [5.74, 6) is -2.12. The predicted molar refractivity (Wildman–Crippen MR) is 76.8 cm³/mol. The summed E-state index contributed by atoms with van der Waals surface area (Å²) in [4.78, 5) is 16.4. The molecule has 0 radical (unpaired) electrons. The van der Waals surface area contributed by atoms with Crippen LogP contribution in [0.2, 0.25) is 0 Å². The van der Waals surface area contributed by atoms with Crippen molar-refractivity contribution in [2.75, 3.05) is 5.32 Å². The van der Waals surface area contributed by atoms with Gasteiger partial charge in [0.2, 0.25) is 0 Å². The van der Waals surface area contributed by atoms with E-state index < -0.39 is 17.5 Å². The quantitative estimate of drug-likeness (QED) is 0.792. The van der Waals surface area contributed by atoms with Gasteiger partial charge in [-0.05, 0) is 32.0 Å². The minimum Gasteiger partial charge on any atom is -0.318 e. The molecule has 1 N–H and O–H groups in total. The molecule has 0 bridgehead atoms. The van der Waals surface area contributed by atoms with Gasteiger partial charge in [0.25, 0.3) is 5.91 Å². The Morgan fingerprint density at radius 1 is 1.18 bits per heavy atom. The molecular formula is C15H12F2N4O. The van der Waals surface area contributed by atoms with E-state index in [-0.39, 0.29) is 11.4 Å². The summed E-state index contributed by atoms with van der Waals surface area (Å²) in [7, 11) is 0. The number of nitrogens with zero attached hydrogens (tertiary/aromatic N) is 3. The Labute approximate surface area is 124 Å². The second-order valence-electron chi connectivity index (χ2n) is 4.92. The zero-order valence-corrected chi connectivity index (χ0v) is 11.9. The molecule has 112 valence electrons. The summed E-state index contributed by atoms with van der Waals surface area (Å²) < 4.78 is 28.1. The Morgan fingerprint density at radius 3 is 2.68 bits per heavy atom. The number of amides is 1. The topological polar surface area (TPSA) is 59.3 Å². The normalized spacial score (nSPS) is 10.9. The Balaban J connectivity index is 1.94. The number of aryl methyl sites for hydroxylation is 2.